The van der Waals surface area contributed by atoms with Crippen LogP contribution in [0.2, 0.25) is 0 Å². The number of fused-ring (bicyclic) bond motifs is 6. The molecule has 6 aliphatic rings. The summed E-state index contributed by atoms with van der Waals surface area (Å²) in [6.45, 7) is 11.7. The number of carbonyl (C=O) groups is 1. The molecule has 2 aliphatic heterocycles. The Labute approximate surface area is 226 Å². The van der Waals surface area contributed by atoms with Crippen molar-refractivity contribution in [3.63, 3.8) is 0 Å². The summed E-state index contributed by atoms with van der Waals surface area (Å²) >= 11 is 0. The monoisotopic (exact) mass is 514 g/mol. The van der Waals surface area contributed by atoms with E-state index in [9.17, 15) is 4.79 Å². The number of esters is 1. The van der Waals surface area contributed by atoms with Crippen LogP contribution in [0.15, 0.2) is 0 Å². The van der Waals surface area contributed by atoms with Crippen LogP contribution in [0.5, 0.6) is 0 Å². The summed E-state index contributed by atoms with van der Waals surface area (Å²) in [6, 6.07) is 1.77. The lowest BCUT2D eigenvalue weighted by Crippen LogP contribution is -2.68. The highest BCUT2D eigenvalue weighted by molar-refractivity contribution is 5.76. The average Bonchev–Trinajstić information content (AvgIpc) is 3.19. The summed E-state index contributed by atoms with van der Waals surface area (Å²) in [4.78, 5) is 16.1. The van der Waals surface area contributed by atoms with Gasteiger partial charge in [0.25, 0.3) is 0 Å². The van der Waals surface area contributed by atoms with Crippen molar-refractivity contribution >= 4 is 5.97 Å². The maximum atomic E-state index is 13.5. The summed E-state index contributed by atoms with van der Waals surface area (Å²) in [5, 5.41) is 4.17. The maximum Gasteiger partial charge on any atom is 0.309 e. The van der Waals surface area contributed by atoms with Gasteiger partial charge < -0.3 is 19.7 Å². The molecule has 210 valence electrons. The van der Waals surface area contributed by atoms with E-state index >= 15 is 0 Å². The first-order chi connectivity index (χ1) is 17.9. The molecule has 2 heterocycles. The van der Waals surface area contributed by atoms with E-state index in [4.69, 9.17) is 9.47 Å². The molecule has 6 fully saturated rings. The SMILES string of the molecule is CCN(CC)C1CCC2C(C1)OC1CC(C)C(NC3CCCC(C)C3)CC1C21OC(=O)C2CCCCC21. The summed E-state index contributed by atoms with van der Waals surface area (Å²) < 4.78 is 14.0. The minimum atomic E-state index is -0.288. The molecule has 0 amide bonds. The third-order valence-electron chi connectivity index (χ3n) is 12.2. The number of rotatable bonds is 5. The molecular formula is C32H54N2O3. The fraction of sp³-hybridized carbons (Fsp3) is 0.969. The quantitative estimate of drug-likeness (QED) is 0.460. The third-order valence-corrected chi connectivity index (χ3v) is 12.2. The van der Waals surface area contributed by atoms with Crippen LogP contribution in [0.3, 0.4) is 0 Å². The topological polar surface area (TPSA) is 50.8 Å². The lowest BCUT2D eigenvalue weighted by Gasteiger charge is -2.61. The molecule has 12 unspecified atom stereocenters. The Morgan fingerprint density at radius 2 is 1.62 bits per heavy atom. The van der Waals surface area contributed by atoms with Crippen LogP contribution >= 0.6 is 0 Å². The molecule has 4 aliphatic carbocycles. The van der Waals surface area contributed by atoms with Crippen molar-refractivity contribution in [3.05, 3.63) is 0 Å². The minimum Gasteiger partial charge on any atom is -0.458 e. The van der Waals surface area contributed by atoms with Crippen molar-refractivity contribution in [1.82, 2.24) is 10.2 Å². The molecule has 1 spiro atoms. The zero-order valence-corrected chi connectivity index (χ0v) is 24.1. The maximum absolute atomic E-state index is 13.5. The molecule has 37 heavy (non-hydrogen) atoms. The second-order valence-electron chi connectivity index (χ2n) is 14.1. The molecule has 0 radical (unpaired) electrons. The first-order valence-electron chi connectivity index (χ1n) is 16.3. The molecule has 5 nitrogen and oxygen atoms in total. The van der Waals surface area contributed by atoms with Gasteiger partial charge in [0.1, 0.15) is 5.60 Å². The Hall–Kier alpha value is -0.650. The van der Waals surface area contributed by atoms with Crippen LogP contribution in [0, 0.1) is 35.5 Å². The zero-order valence-electron chi connectivity index (χ0n) is 24.1. The molecule has 0 aromatic carbocycles. The van der Waals surface area contributed by atoms with Crippen LogP contribution in [0.4, 0.5) is 0 Å². The Morgan fingerprint density at radius 3 is 2.41 bits per heavy atom. The predicted molar refractivity (Wildman–Crippen MR) is 147 cm³/mol. The lowest BCUT2D eigenvalue weighted by molar-refractivity contribution is -0.265. The highest BCUT2D eigenvalue weighted by Gasteiger charge is 2.69. The van der Waals surface area contributed by atoms with Gasteiger partial charge in [0.05, 0.1) is 18.1 Å². The Kier molecular flexibility index (Phi) is 7.70. The van der Waals surface area contributed by atoms with E-state index in [1.165, 1.54) is 51.4 Å². The van der Waals surface area contributed by atoms with Gasteiger partial charge in [-0.2, -0.15) is 0 Å². The van der Waals surface area contributed by atoms with Crippen LogP contribution in [0.25, 0.3) is 0 Å². The highest BCUT2D eigenvalue weighted by Crippen LogP contribution is 2.62. The molecular weight excluding hydrogens is 460 g/mol. The van der Waals surface area contributed by atoms with Gasteiger partial charge in [-0.15, -0.1) is 0 Å². The van der Waals surface area contributed by atoms with Crippen LogP contribution in [-0.4, -0.2) is 59.9 Å². The van der Waals surface area contributed by atoms with Crippen LogP contribution in [0.1, 0.15) is 111 Å². The van der Waals surface area contributed by atoms with Gasteiger partial charge in [0, 0.05) is 35.9 Å². The molecule has 2 saturated heterocycles. The lowest BCUT2D eigenvalue weighted by atomic mass is 9.53. The van der Waals surface area contributed by atoms with Gasteiger partial charge in [-0.3, -0.25) is 4.79 Å². The number of carbonyl (C=O) groups excluding carboxylic acids is 1. The fourth-order valence-corrected chi connectivity index (χ4v) is 10.4. The van der Waals surface area contributed by atoms with Crippen LogP contribution < -0.4 is 5.32 Å². The summed E-state index contributed by atoms with van der Waals surface area (Å²) in [7, 11) is 0. The first-order valence-corrected chi connectivity index (χ1v) is 16.3. The Bertz CT molecular complexity index is 816. The van der Waals surface area contributed by atoms with Crippen molar-refractivity contribution in [3.8, 4) is 0 Å². The van der Waals surface area contributed by atoms with Gasteiger partial charge in [0.2, 0.25) is 0 Å². The van der Waals surface area contributed by atoms with Crippen molar-refractivity contribution in [2.24, 2.45) is 35.5 Å². The standard InChI is InChI=1S/C32H54N2O3/c1-5-34(6-2)23-14-15-26-30(18-23)36-29-17-21(4)28(33-22-11-9-10-20(3)16-22)19-27(29)32(26)25-13-8-7-12-24(25)31(35)37-32/h20-30,33H,5-19H2,1-4H3. The minimum absolute atomic E-state index is 0.138. The molecule has 4 saturated carbocycles. The Morgan fingerprint density at radius 1 is 0.838 bits per heavy atom. The first kappa shape index (κ1) is 26.6. The van der Waals surface area contributed by atoms with E-state index in [0.29, 0.717) is 41.8 Å². The molecule has 6 rings (SSSR count). The summed E-state index contributed by atoms with van der Waals surface area (Å²) in [5.41, 5.74) is -0.288. The highest BCUT2D eigenvalue weighted by atomic mass is 16.6. The zero-order chi connectivity index (χ0) is 25.7. The van der Waals surface area contributed by atoms with E-state index in [1.54, 1.807) is 0 Å². The predicted octanol–water partition coefficient (Wildman–Crippen LogP) is 5.95. The fourth-order valence-electron chi connectivity index (χ4n) is 10.4. The van der Waals surface area contributed by atoms with Crippen LogP contribution in [-0.2, 0) is 14.3 Å². The van der Waals surface area contributed by atoms with Gasteiger partial charge >= 0.3 is 5.97 Å². The molecule has 0 bridgehead atoms. The third kappa shape index (κ3) is 4.61. The second-order valence-corrected chi connectivity index (χ2v) is 14.1. The van der Waals surface area contributed by atoms with Gasteiger partial charge in [-0.05, 0) is 82.7 Å². The smallest absolute Gasteiger partial charge is 0.309 e. The number of nitrogens with zero attached hydrogens (tertiary/aromatic N) is 1. The number of hydrogen-bond donors (Lipinski definition) is 1. The van der Waals surface area contributed by atoms with Gasteiger partial charge in [0.15, 0.2) is 0 Å². The van der Waals surface area contributed by atoms with E-state index in [0.717, 1.165) is 51.1 Å². The molecule has 0 aromatic rings. The normalized spacial score (nSPS) is 49.9. The van der Waals surface area contributed by atoms with Crippen molar-refractivity contribution in [2.45, 2.75) is 147 Å². The molecule has 5 heteroatoms. The van der Waals surface area contributed by atoms with Gasteiger partial charge in [-0.1, -0.05) is 53.4 Å². The molecule has 12 atom stereocenters. The molecule has 1 N–H and O–H groups in total. The average molecular weight is 515 g/mol. The summed E-state index contributed by atoms with van der Waals surface area (Å²) in [6.07, 6.45) is 16.2. The number of nitrogens with one attached hydrogen (secondary N) is 1. The van der Waals surface area contributed by atoms with Gasteiger partial charge in [-0.25, -0.2) is 0 Å². The second kappa shape index (κ2) is 10.7. The van der Waals surface area contributed by atoms with E-state index in [1.807, 2.05) is 0 Å². The van der Waals surface area contributed by atoms with E-state index in [-0.39, 0.29) is 29.7 Å². The van der Waals surface area contributed by atoms with E-state index < -0.39 is 0 Å². The number of hydrogen-bond acceptors (Lipinski definition) is 5. The molecule has 0 aromatic heterocycles. The van der Waals surface area contributed by atoms with E-state index in [2.05, 4.69) is 37.9 Å². The van der Waals surface area contributed by atoms with Crippen molar-refractivity contribution in [1.29, 1.82) is 0 Å². The Balaban J connectivity index is 1.30. The van der Waals surface area contributed by atoms with Crippen molar-refractivity contribution < 1.29 is 14.3 Å². The largest absolute Gasteiger partial charge is 0.458 e. The number of ether oxygens (including phenoxy) is 2. The summed E-state index contributed by atoms with van der Waals surface area (Å²) in [5.74, 6) is 2.85. The van der Waals surface area contributed by atoms with Crippen molar-refractivity contribution in [2.75, 3.05) is 13.1 Å².